The van der Waals surface area contributed by atoms with Crippen LogP contribution in [0.1, 0.15) is 56.7 Å². The van der Waals surface area contributed by atoms with E-state index in [1.54, 1.807) is 6.92 Å². The fourth-order valence-corrected chi connectivity index (χ4v) is 6.75. The molecule has 0 saturated heterocycles. The first-order valence-electron chi connectivity index (χ1n) is 12.6. The van der Waals surface area contributed by atoms with Crippen LogP contribution in [0.4, 0.5) is 0 Å². The molecule has 0 aliphatic heterocycles. The zero-order valence-corrected chi connectivity index (χ0v) is 22.4. The fraction of sp³-hybridized carbons (Fsp3) is 0.519. The normalized spacial score (nSPS) is 13.9. The minimum absolute atomic E-state index is 0.0706. The molecule has 35 heavy (non-hydrogen) atoms. The van der Waals surface area contributed by atoms with Crippen LogP contribution in [-0.2, 0) is 28.0 Å². The number of amides is 1. The maximum atomic E-state index is 13.8. The first kappa shape index (κ1) is 29.0. The van der Waals surface area contributed by atoms with Gasteiger partial charge in [0.1, 0.15) is 12.1 Å². The molecule has 2 rings (SSSR count). The molecule has 0 aliphatic carbocycles. The first-order valence-corrected chi connectivity index (χ1v) is 14.0. The zero-order valence-electron chi connectivity index (χ0n) is 21.5. The standard InChI is InChI=1S/C27H41N3O4S/c1-5-16-30(17-6-2,35(33,34)29-27(32)7-3)25(19-24-15-11-12-22(4)18-24)26(31)21-28-20-23-13-9-8-10-14-23/h8-15,18,25-26,28,31H,5-7,16-17,19-21H2,1-4H3/p+1. The number of rotatable bonds is 15. The molecule has 2 aromatic carbocycles. The van der Waals surface area contributed by atoms with E-state index in [0.29, 0.717) is 38.9 Å². The molecule has 0 aliphatic rings. The summed E-state index contributed by atoms with van der Waals surface area (Å²) in [6.45, 7) is 8.89. The zero-order chi connectivity index (χ0) is 25.9. The molecule has 0 saturated carbocycles. The van der Waals surface area contributed by atoms with Crippen molar-refractivity contribution in [2.24, 2.45) is 0 Å². The average Bonchev–Trinajstić information content (AvgIpc) is 2.82. The number of quaternary nitrogens is 1. The molecule has 2 atom stereocenters. The van der Waals surface area contributed by atoms with Gasteiger partial charge >= 0.3 is 10.2 Å². The number of hydrogen-bond acceptors (Lipinski definition) is 5. The molecule has 2 aromatic rings. The van der Waals surface area contributed by atoms with Gasteiger partial charge in [-0.1, -0.05) is 80.9 Å². The van der Waals surface area contributed by atoms with E-state index in [4.69, 9.17) is 0 Å². The Balaban J connectivity index is 2.47. The summed E-state index contributed by atoms with van der Waals surface area (Å²) in [5, 5.41) is 14.8. The minimum Gasteiger partial charge on any atom is -0.386 e. The summed E-state index contributed by atoms with van der Waals surface area (Å²) < 4.78 is 29.5. The quantitative estimate of drug-likeness (QED) is 0.323. The minimum atomic E-state index is -4.12. The first-order chi connectivity index (χ1) is 16.7. The monoisotopic (exact) mass is 504 g/mol. The molecule has 0 heterocycles. The van der Waals surface area contributed by atoms with Crippen molar-refractivity contribution >= 4 is 16.1 Å². The number of aryl methyl sites for hydroxylation is 1. The van der Waals surface area contributed by atoms with Crippen molar-refractivity contribution < 1.29 is 22.2 Å². The summed E-state index contributed by atoms with van der Waals surface area (Å²) in [6.07, 6.45) is 0.676. The third kappa shape index (κ3) is 7.87. The molecule has 0 radical (unpaired) electrons. The van der Waals surface area contributed by atoms with Crippen molar-refractivity contribution in [3.05, 3.63) is 71.3 Å². The molecule has 3 N–H and O–H groups in total. The van der Waals surface area contributed by atoms with Gasteiger partial charge in [-0.25, -0.2) is 4.72 Å². The van der Waals surface area contributed by atoms with Gasteiger partial charge < -0.3 is 10.4 Å². The Bertz CT molecular complexity index is 1020. The number of carbonyl (C=O) groups excluding carboxylic acids is 1. The summed E-state index contributed by atoms with van der Waals surface area (Å²) in [5.41, 5.74) is 3.12. The molecule has 0 aromatic heterocycles. The fourth-order valence-electron chi connectivity index (χ4n) is 4.72. The van der Waals surface area contributed by atoms with Gasteiger partial charge in [-0.15, -0.1) is 0 Å². The van der Waals surface area contributed by atoms with Crippen LogP contribution in [0.25, 0.3) is 0 Å². The van der Waals surface area contributed by atoms with E-state index in [2.05, 4.69) is 10.0 Å². The van der Waals surface area contributed by atoms with Crippen molar-refractivity contribution in [1.29, 1.82) is 0 Å². The van der Waals surface area contributed by atoms with Crippen LogP contribution in [0, 0.1) is 6.92 Å². The van der Waals surface area contributed by atoms with Gasteiger partial charge in [0.05, 0.1) is 13.1 Å². The Labute approximate surface area is 211 Å². The average molecular weight is 505 g/mol. The molecule has 1 amide bonds. The van der Waals surface area contributed by atoms with E-state index < -0.39 is 28.3 Å². The lowest BCUT2D eigenvalue weighted by Gasteiger charge is -2.44. The second kappa shape index (κ2) is 13.7. The lowest BCUT2D eigenvalue weighted by atomic mass is 9.97. The van der Waals surface area contributed by atoms with Gasteiger partial charge in [-0.05, 0) is 30.9 Å². The third-order valence-corrected chi connectivity index (χ3v) is 8.43. The summed E-state index contributed by atoms with van der Waals surface area (Å²) in [7, 11) is -4.12. The molecular weight excluding hydrogens is 462 g/mol. The van der Waals surface area contributed by atoms with Crippen LogP contribution in [0.3, 0.4) is 0 Å². The highest BCUT2D eigenvalue weighted by Crippen LogP contribution is 2.28. The predicted molar refractivity (Wildman–Crippen MR) is 141 cm³/mol. The second-order valence-corrected chi connectivity index (χ2v) is 11.1. The highest BCUT2D eigenvalue weighted by Gasteiger charge is 2.51. The number of nitrogens with one attached hydrogen (secondary N) is 2. The number of hydrogen-bond donors (Lipinski definition) is 3. The molecule has 0 fully saturated rings. The number of aliphatic hydroxyl groups excluding tert-OH is 1. The maximum Gasteiger partial charge on any atom is 0.396 e. The number of nitrogens with zero attached hydrogens (tertiary/aromatic N) is 1. The van der Waals surface area contributed by atoms with E-state index in [9.17, 15) is 18.3 Å². The van der Waals surface area contributed by atoms with E-state index in [-0.39, 0.29) is 16.9 Å². The molecule has 7 nitrogen and oxygen atoms in total. The van der Waals surface area contributed by atoms with Crippen LogP contribution in [0.15, 0.2) is 54.6 Å². The Morgan fingerprint density at radius 1 is 0.971 bits per heavy atom. The van der Waals surface area contributed by atoms with E-state index in [1.165, 1.54) is 0 Å². The Hall–Kier alpha value is -2.26. The summed E-state index contributed by atoms with van der Waals surface area (Å²) in [4.78, 5) is 12.2. The molecule has 194 valence electrons. The predicted octanol–water partition coefficient (Wildman–Crippen LogP) is 3.46. The number of aliphatic hydroxyl groups is 1. The molecular formula is C27H42N3O4S+. The molecule has 0 spiro atoms. The smallest absolute Gasteiger partial charge is 0.386 e. The van der Waals surface area contributed by atoms with Gasteiger partial charge in [0.2, 0.25) is 5.91 Å². The van der Waals surface area contributed by atoms with Crippen LogP contribution in [0.5, 0.6) is 0 Å². The van der Waals surface area contributed by atoms with Gasteiger partial charge in [-0.2, -0.15) is 12.3 Å². The number of benzene rings is 2. The summed E-state index contributed by atoms with van der Waals surface area (Å²) in [6, 6.07) is 17.1. The lowest BCUT2D eigenvalue weighted by molar-refractivity contribution is -0.838. The lowest BCUT2D eigenvalue weighted by Crippen LogP contribution is -2.68. The Morgan fingerprint density at radius 3 is 2.17 bits per heavy atom. The van der Waals surface area contributed by atoms with E-state index in [0.717, 1.165) is 16.7 Å². The van der Waals surface area contributed by atoms with Crippen molar-refractivity contribution in [3.8, 4) is 0 Å². The van der Waals surface area contributed by atoms with Crippen molar-refractivity contribution in [2.45, 2.75) is 72.1 Å². The van der Waals surface area contributed by atoms with Crippen LogP contribution in [0.2, 0.25) is 0 Å². The summed E-state index contributed by atoms with van der Waals surface area (Å²) in [5.74, 6) is -0.536. The Morgan fingerprint density at radius 2 is 1.60 bits per heavy atom. The molecule has 0 bridgehead atoms. The van der Waals surface area contributed by atoms with Gasteiger partial charge in [0.25, 0.3) is 0 Å². The maximum absolute atomic E-state index is 13.8. The van der Waals surface area contributed by atoms with E-state index >= 15 is 0 Å². The van der Waals surface area contributed by atoms with Gasteiger partial charge in [-0.3, -0.25) is 4.79 Å². The van der Waals surface area contributed by atoms with Crippen LogP contribution in [-0.4, -0.2) is 55.1 Å². The van der Waals surface area contributed by atoms with Gasteiger partial charge in [0.15, 0.2) is 0 Å². The van der Waals surface area contributed by atoms with Crippen molar-refractivity contribution in [1.82, 2.24) is 10.0 Å². The molecule has 2 unspecified atom stereocenters. The SMILES string of the molecule is CCC[N+](CCC)(C(Cc1cccc(C)c1)C(O)CNCc1ccccc1)S(=O)(=O)NC(=O)CC. The second-order valence-electron chi connectivity index (χ2n) is 9.20. The topological polar surface area (TPSA) is 95.5 Å². The van der Waals surface area contributed by atoms with Gasteiger partial charge in [0, 0.05) is 25.9 Å². The van der Waals surface area contributed by atoms with Crippen LogP contribution >= 0.6 is 0 Å². The molecule has 8 heteroatoms. The van der Waals surface area contributed by atoms with E-state index in [1.807, 2.05) is 75.4 Å². The van der Waals surface area contributed by atoms with Crippen molar-refractivity contribution in [3.63, 3.8) is 0 Å². The highest BCUT2D eigenvalue weighted by molar-refractivity contribution is 7.84. The highest BCUT2D eigenvalue weighted by atomic mass is 32.2. The van der Waals surface area contributed by atoms with Crippen molar-refractivity contribution in [2.75, 3.05) is 19.6 Å². The largest absolute Gasteiger partial charge is 0.396 e. The number of carbonyl (C=O) groups is 1. The van der Waals surface area contributed by atoms with Crippen LogP contribution < -0.4 is 10.0 Å². The summed E-state index contributed by atoms with van der Waals surface area (Å²) >= 11 is 0. The Kier molecular flexibility index (Phi) is 11.4. The third-order valence-electron chi connectivity index (χ3n) is 6.35.